The maximum Gasteiger partial charge on any atom is 0.472 e. The molecule has 2 unspecified atom stereocenters. The van der Waals surface area contributed by atoms with E-state index in [-0.39, 0.29) is 38.5 Å². The van der Waals surface area contributed by atoms with E-state index >= 15 is 0 Å². The zero-order chi connectivity index (χ0) is 41.9. The lowest BCUT2D eigenvalue weighted by atomic mass is 10.0. The molecule has 0 aliphatic carbocycles. The molecule has 57 heavy (non-hydrogen) atoms. The molecule has 1 amide bonds. The Bertz CT molecular complexity index is 966. The average Bonchev–Trinajstić information content (AvgIpc) is 3.19. The van der Waals surface area contributed by atoms with E-state index in [1.165, 1.54) is 148 Å². The molecule has 0 aromatic carbocycles. The maximum atomic E-state index is 12.7. The molecule has 0 heterocycles. The number of phosphoric acid groups is 1. The number of phosphoric ester groups is 1. The SMILES string of the molecule is CCCCCCCCCCCCCCCCCC(=O)OCC(COP(=O)(O)OCCNC(=O)CCCC)OC(=O)CCCCCCCCCCCCCCCCC. The second kappa shape index (κ2) is 42.6. The van der Waals surface area contributed by atoms with Crippen LogP contribution in [-0.4, -0.2) is 55.2 Å². The second-order valence-corrected chi connectivity index (χ2v) is 17.7. The van der Waals surface area contributed by atoms with Gasteiger partial charge < -0.3 is 19.7 Å². The second-order valence-electron chi connectivity index (χ2n) is 16.2. The van der Waals surface area contributed by atoms with Gasteiger partial charge in [-0.25, -0.2) is 4.57 Å². The van der Waals surface area contributed by atoms with Gasteiger partial charge in [0.05, 0.1) is 13.2 Å². The van der Waals surface area contributed by atoms with Gasteiger partial charge in [0.2, 0.25) is 5.91 Å². The van der Waals surface area contributed by atoms with Gasteiger partial charge in [0, 0.05) is 25.8 Å². The Morgan fingerprint density at radius 1 is 0.474 bits per heavy atom. The van der Waals surface area contributed by atoms with Gasteiger partial charge in [-0.15, -0.1) is 0 Å². The Morgan fingerprint density at radius 2 is 0.842 bits per heavy atom. The summed E-state index contributed by atoms with van der Waals surface area (Å²) in [7, 11) is -4.50. The Kier molecular flexibility index (Phi) is 41.5. The summed E-state index contributed by atoms with van der Waals surface area (Å²) in [6, 6.07) is 0. The molecule has 0 aliphatic heterocycles. The minimum Gasteiger partial charge on any atom is -0.462 e. The lowest BCUT2D eigenvalue weighted by Crippen LogP contribution is -2.30. The zero-order valence-corrected chi connectivity index (χ0v) is 38.2. The van der Waals surface area contributed by atoms with E-state index in [9.17, 15) is 23.8 Å². The summed E-state index contributed by atoms with van der Waals surface area (Å²) in [5, 5.41) is 2.64. The van der Waals surface area contributed by atoms with Crippen molar-refractivity contribution in [2.45, 2.75) is 252 Å². The topological polar surface area (TPSA) is 137 Å². The number of carbonyl (C=O) groups excluding carboxylic acids is 3. The van der Waals surface area contributed by atoms with Crippen molar-refractivity contribution < 1.29 is 42.4 Å². The quantitative estimate of drug-likeness (QED) is 0.0349. The predicted octanol–water partition coefficient (Wildman–Crippen LogP) is 13.4. The molecule has 0 saturated heterocycles. The van der Waals surface area contributed by atoms with E-state index in [1.807, 2.05) is 6.92 Å². The number of nitrogens with one attached hydrogen (secondary N) is 1. The molecule has 0 spiro atoms. The van der Waals surface area contributed by atoms with Crippen LogP contribution in [0, 0.1) is 0 Å². The molecular formula is C46H90NO9P. The highest BCUT2D eigenvalue weighted by molar-refractivity contribution is 7.47. The summed E-state index contributed by atoms with van der Waals surface area (Å²) < 4.78 is 33.6. The van der Waals surface area contributed by atoms with Crippen molar-refractivity contribution in [1.82, 2.24) is 5.32 Å². The van der Waals surface area contributed by atoms with Crippen LogP contribution in [-0.2, 0) is 37.5 Å². The number of esters is 2. The third-order valence-corrected chi connectivity index (χ3v) is 11.5. The summed E-state index contributed by atoms with van der Waals surface area (Å²) in [6.45, 7) is 5.61. The molecule has 11 heteroatoms. The predicted molar refractivity (Wildman–Crippen MR) is 234 cm³/mol. The lowest BCUT2D eigenvalue weighted by molar-refractivity contribution is -0.161. The monoisotopic (exact) mass is 832 g/mol. The molecule has 0 fully saturated rings. The minimum absolute atomic E-state index is 0.0606. The molecule has 0 aliphatic rings. The van der Waals surface area contributed by atoms with Crippen molar-refractivity contribution in [1.29, 1.82) is 0 Å². The van der Waals surface area contributed by atoms with Crippen LogP contribution in [0.15, 0.2) is 0 Å². The minimum atomic E-state index is -4.50. The normalized spacial score (nSPS) is 13.0. The molecule has 2 N–H and O–H groups in total. The highest BCUT2D eigenvalue weighted by Crippen LogP contribution is 2.43. The molecule has 338 valence electrons. The molecule has 10 nitrogen and oxygen atoms in total. The molecule has 0 aromatic heterocycles. The van der Waals surface area contributed by atoms with Crippen LogP contribution in [0.5, 0.6) is 0 Å². The van der Waals surface area contributed by atoms with Crippen LogP contribution < -0.4 is 5.32 Å². The largest absolute Gasteiger partial charge is 0.472 e. The number of amides is 1. The molecule has 0 saturated carbocycles. The number of carbonyl (C=O) groups is 3. The molecule has 0 radical (unpaired) electrons. The molecule has 0 aromatic rings. The zero-order valence-electron chi connectivity index (χ0n) is 37.3. The van der Waals surface area contributed by atoms with Crippen molar-refractivity contribution in [2.24, 2.45) is 0 Å². The molecule has 0 rings (SSSR count). The van der Waals surface area contributed by atoms with Gasteiger partial charge >= 0.3 is 19.8 Å². The van der Waals surface area contributed by atoms with Gasteiger partial charge in [0.25, 0.3) is 0 Å². The van der Waals surface area contributed by atoms with Crippen molar-refractivity contribution in [2.75, 3.05) is 26.4 Å². The van der Waals surface area contributed by atoms with Crippen LogP contribution in [0.2, 0.25) is 0 Å². The van der Waals surface area contributed by atoms with E-state index in [4.69, 9.17) is 18.5 Å². The van der Waals surface area contributed by atoms with E-state index in [0.717, 1.165) is 51.4 Å². The first kappa shape index (κ1) is 55.5. The number of ether oxygens (including phenoxy) is 2. The molecular weight excluding hydrogens is 741 g/mol. The van der Waals surface area contributed by atoms with Crippen molar-refractivity contribution in [3.8, 4) is 0 Å². The molecule has 0 bridgehead atoms. The summed E-state index contributed by atoms with van der Waals surface area (Å²) in [5.41, 5.74) is 0. The first-order valence-electron chi connectivity index (χ1n) is 24.0. The maximum absolute atomic E-state index is 12.7. The van der Waals surface area contributed by atoms with E-state index in [2.05, 4.69) is 19.2 Å². The molecule has 2 atom stereocenters. The Balaban J connectivity index is 4.40. The first-order valence-corrected chi connectivity index (χ1v) is 25.5. The Hall–Kier alpha value is -1.48. The summed E-state index contributed by atoms with van der Waals surface area (Å²) in [6.07, 6.45) is 38.6. The van der Waals surface area contributed by atoms with Gasteiger partial charge in [-0.2, -0.15) is 0 Å². The van der Waals surface area contributed by atoms with Crippen LogP contribution in [0.25, 0.3) is 0 Å². The Labute approximate surface area is 350 Å². The van der Waals surface area contributed by atoms with Gasteiger partial charge in [0.15, 0.2) is 6.10 Å². The van der Waals surface area contributed by atoms with Crippen LogP contribution in [0.3, 0.4) is 0 Å². The standard InChI is InChI=1S/C46H90NO9P/c1-4-7-10-12-14-16-18-20-22-24-26-28-30-32-34-37-45(49)53-41-43(42-55-57(51,52)54-40-39-47-44(48)36-9-6-3)56-46(50)38-35-33-31-29-27-25-23-21-19-17-15-13-11-8-5-2/h43H,4-42H2,1-3H3,(H,47,48)(H,51,52). The van der Waals surface area contributed by atoms with Gasteiger partial charge in [-0.05, 0) is 19.3 Å². The fourth-order valence-corrected chi connectivity index (χ4v) is 7.64. The van der Waals surface area contributed by atoms with Gasteiger partial charge in [-0.1, -0.05) is 207 Å². The number of unbranched alkanes of at least 4 members (excludes halogenated alkanes) is 29. The summed E-state index contributed by atoms with van der Waals surface area (Å²) >= 11 is 0. The third-order valence-electron chi connectivity index (χ3n) is 10.6. The third kappa shape index (κ3) is 42.5. The van der Waals surface area contributed by atoms with Gasteiger partial charge in [-0.3, -0.25) is 23.4 Å². The van der Waals surface area contributed by atoms with Crippen LogP contribution in [0.1, 0.15) is 245 Å². The lowest BCUT2D eigenvalue weighted by Gasteiger charge is -2.20. The number of rotatable bonds is 45. The first-order chi connectivity index (χ1) is 27.7. The fraction of sp³-hybridized carbons (Fsp3) is 0.935. The van der Waals surface area contributed by atoms with Gasteiger partial charge in [0.1, 0.15) is 6.61 Å². The highest BCUT2D eigenvalue weighted by atomic mass is 31.2. The smallest absolute Gasteiger partial charge is 0.462 e. The van der Waals surface area contributed by atoms with Crippen molar-refractivity contribution >= 4 is 25.7 Å². The van der Waals surface area contributed by atoms with E-state index in [1.54, 1.807) is 0 Å². The number of hydrogen-bond donors (Lipinski definition) is 2. The highest BCUT2D eigenvalue weighted by Gasteiger charge is 2.26. The van der Waals surface area contributed by atoms with Crippen LogP contribution >= 0.6 is 7.82 Å². The number of hydrogen-bond acceptors (Lipinski definition) is 8. The Morgan fingerprint density at radius 3 is 1.25 bits per heavy atom. The van der Waals surface area contributed by atoms with E-state index in [0.29, 0.717) is 12.8 Å². The fourth-order valence-electron chi connectivity index (χ4n) is 6.89. The summed E-state index contributed by atoms with van der Waals surface area (Å²) in [5.74, 6) is -1.00. The van der Waals surface area contributed by atoms with Crippen molar-refractivity contribution in [3.63, 3.8) is 0 Å². The van der Waals surface area contributed by atoms with Crippen LogP contribution in [0.4, 0.5) is 0 Å². The van der Waals surface area contributed by atoms with E-state index < -0.39 is 32.5 Å². The average molecular weight is 832 g/mol. The van der Waals surface area contributed by atoms with Crippen molar-refractivity contribution in [3.05, 3.63) is 0 Å². The summed E-state index contributed by atoms with van der Waals surface area (Å²) in [4.78, 5) is 47.2.